The second-order valence-electron chi connectivity index (χ2n) is 5.52. The molecule has 1 aliphatic rings. The monoisotopic (exact) mass is 387 g/mol. The van der Waals surface area contributed by atoms with Crippen LogP contribution in [-0.4, -0.2) is 30.4 Å². The predicted octanol–water partition coefficient (Wildman–Crippen LogP) is 2.77. The van der Waals surface area contributed by atoms with Crippen LogP contribution in [0, 0.1) is 0 Å². The van der Waals surface area contributed by atoms with Crippen molar-refractivity contribution in [1.82, 2.24) is 10.2 Å². The molecule has 3 N–H and O–H groups in total. The fourth-order valence-corrected chi connectivity index (χ4v) is 3.84. The summed E-state index contributed by atoms with van der Waals surface area (Å²) in [5, 5.41) is 5.11. The lowest BCUT2D eigenvalue weighted by Crippen LogP contribution is -2.41. The Balaban J connectivity index is 0.00000144. The number of hydrogen-bond donors (Lipinski definition) is 2. The van der Waals surface area contributed by atoms with Crippen molar-refractivity contribution in [3.05, 3.63) is 57.8 Å². The average molecular weight is 388 g/mol. The number of rotatable bonds is 5. The van der Waals surface area contributed by atoms with E-state index in [1.165, 1.54) is 16.0 Å². The molecule has 4 nitrogen and oxygen atoms in total. The molecule has 3 rings (SSSR count). The molecular formula is C17H23Cl2N3OS. The van der Waals surface area contributed by atoms with Crippen molar-refractivity contribution in [2.45, 2.75) is 19.0 Å². The lowest BCUT2D eigenvalue weighted by molar-refractivity contribution is -0.120. The molecule has 0 fully saturated rings. The van der Waals surface area contributed by atoms with Gasteiger partial charge in [-0.25, -0.2) is 0 Å². The molecule has 0 aliphatic carbocycles. The summed E-state index contributed by atoms with van der Waals surface area (Å²) in [6.45, 7) is 2.60. The maximum atomic E-state index is 11.5. The Morgan fingerprint density at radius 1 is 1.25 bits per heavy atom. The Morgan fingerprint density at radius 2 is 2.00 bits per heavy atom. The van der Waals surface area contributed by atoms with Crippen molar-refractivity contribution in [2.24, 2.45) is 5.73 Å². The number of nitrogens with two attached hydrogens (primary N) is 1. The Bertz CT molecular complexity index is 636. The summed E-state index contributed by atoms with van der Waals surface area (Å²) in [6, 6.07) is 12.8. The molecule has 1 aromatic carbocycles. The smallest absolute Gasteiger partial charge is 0.233 e. The van der Waals surface area contributed by atoms with Gasteiger partial charge in [-0.05, 0) is 29.0 Å². The fourth-order valence-electron chi connectivity index (χ4n) is 2.95. The minimum Gasteiger partial charge on any atom is -0.353 e. The summed E-state index contributed by atoms with van der Waals surface area (Å²) >= 11 is 1.84. The van der Waals surface area contributed by atoms with E-state index in [4.69, 9.17) is 5.73 Å². The van der Waals surface area contributed by atoms with Gasteiger partial charge in [0.2, 0.25) is 5.91 Å². The lowest BCUT2D eigenvalue weighted by atomic mass is 10.0. The largest absolute Gasteiger partial charge is 0.353 e. The van der Waals surface area contributed by atoms with Crippen LogP contribution >= 0.6 is 36.2 Å². The van der Waals surface area contributed by atoms with Crippen LogP contribution in [0.15, 0.2) is 41.8 Å². The maximum Gasteiger partial charge on any atom is 0.233 e. The van der Waals surface area contributed by atoms with Gasteiger partial charge in [-0.2, -0.15) is 0 Å². The summed E-state index contributed by atoms with van der Waals surface area (Å²) in [6.07, 6.45) is 1.08. The van der Waals surface area contributed by atoms with E-state index in [2.05, 4.69) is 33.8 Å². The van der Waals surface area contributed by atoms with Gasteiger partial charge in [0, 0.05) is 24.5 Å². The second kappa shape index (κ2) is 10.0. The van der Waals surface area contributed by atoms with Crippen LogP contribution in [0.3, 0.4) is 0 Å². The van der Waals surface area contributed by atoms with Crippen molar-refractivity contribution >= 4 is 42.1 Å². The van der Waals surface area contributed by atoms with Gasteiger partial charge in [-0.1, -0.05) is 30.3 Å². The highest BCUT2D eigenvalue weighted by Gasteiger charge is 2.25. The van der Waals surface area contributed by atoms with Gasteiger partial charge in [-0.15, -0.1) is 36.2 Å². The van der Waals surface area contributed by atoms with E-state index >= 15 is 0 Å². The molecule has 1 aliphatic heterocycles. The van der Waals surface area contributed by atoms with Gasteiger partial charge < -0.3 is 11.1 Å². The molecule has 1 atom stereocenters. The van der Waals surface area contributed by atoms with Crippen LogP contribution in [0.4, 0.5) is 0 Å². The maximum absolute atomic E-state index is 11.5. The van der Waals surface area contributed by atoms with Gasteiger partial charge in [0.25, 0.3) is 0 Å². The number of nitrogens with zero attached hydrogens (tertiary/aromatic N) is 1. The van der Waals surface area contributed by atoms with E-state index in [9.17, 15) is 4.79 Å². The topological polar surface area (TPSA) is 58.4 Å². The van der Waals surface area contributed by atoms with E-state index in [0.29, 0.717) is 6.54 Å². The first-order chi connectivity index (χ1) is 10.8. The second-order valence-corrected chi connectivity index (χ2v) is 6.52. The molecule has 1 aromatic heterocycles. The number of carbonyl (C=O) groups excluding carboxylic acids is 1. The van der Waals surface area contributed by atoms with Crippen LogP contribution in [0.5, 0.6) is 0 Å². The van der Waals surface area contributed by atoms with Crippen molar-refractivity contribution in [3.8, 4) is 0 Å². The van der Waals surface area contributed by atoms with Crippen molar-refractivity contribution in [2.75, 3.05) is 19.6 Å². The third-order valence-corrected chi connectivity index (χ3v) is 5.16. The van der Waals surface area contributed by atoms with Gasteiger partial charge in [0.05, 0.1) is 12.6 Å². The Hall–Kier alpha value is -1.11. The molecule has 0 spiro atoms. The molecule has 0 radical (unpaired) electrons. The zero-order chi connectivity index (χ0) is 15.4. The number of carbonyl (C=O) groups is 1. The molecule has 1 amide bonds. The van der Waals surface area contributed by atoms with Crippen molar-refractivity contribution in [1.29, 1.82) is 0 Å². The van der Waals surface area contributed by atoms with E-state index in [1.807, 2.05) is 29.5 Å². The zero-order valence-corrected chi connectivity index (χ0v) is 15.8. The van der Waals surface area contributed by atoms with Crippen LogP contribution in [0.25, 0.3) is 0 Å². The van der Waals surface area contributed by atoms with Gasteiger partial charge in [-0.3, -0.25) is 9.69 Å². The van der Waals surface area contributed by atoms with Gasteiger partial charge in [0.1, 0.15) is 0 Å². The Labute approximate surface area is 159 Å². The molecule has 0 saturated heterocycles. The highest BCUT2D eigenvalue weighted by molar-refractivity contribution is 7.10. The molecule has 7 heteroatoms. The SMILES string of the molecule is Cl.Cl.NCC(=O)NCC(c1ccccc1)N1CCc2sccc2C1. The highest BCUT2D eigenvalue weighted by Crippen LogP contribution is 2.30. The minimum absolute atomic E-state index is 0. The molecule has 1 unspecified atom stereocenters. The van der Waals surface area contributed by atoms with Crippen LogP contribution in [-0.2, 0) is 17.8 Å². The standard InChI is InChI=1S/C17H21N3OS.2ClH/c18-10-17(21)19-11-15(13-4-2-1-3-5-13)20-8-6-16-14(12-20)7-9-22-16;;/h1-5,7,9,15H,6,8,10-12,18H2,(H,19,21);2*1H. The number of thiophene rings is 1. The van der Waals surface area contributed by atoms with E-state index < -0.39 is 0 Å². The van der Waals surface area contributed by atoms with E-state index in [-0.39, 0.29) is 43.3 Å². The summed E-state index contributed by atoms with van der Waals surface area (Å²) < 4.78 is 0. The van der Waals surface area contributed by atoms with Crippen LogP contribution in [0.2, 0.25) is 0 Å². The summed E-state index contributed by atoms with van der Waals surface area (Å²) in [5.74, 6) is -0.103. The first-order valence-corrected chi connectivity index (χ1v) is 8.47. The number of benzene rings is 1. The van der Waals surface area contributed by atoms with Crippen molar-refractivity contribution < 1.29 is 4.79 Å². The minimum atomic E-state index is -0.103. The van der Waals surface area contributed by atoms with Crippen LogP contribution < -0.4 is 11.1 Å². The summed E-state index contributed by atoms with van der Waals surface area (Å²) in [5.41, 5.74) is 8.05. The predicted molar refractivity (Wildman–Crippen MR) is 104 cm³/mol. The van der Waals surface area contributed by atoms with E-state index in [1.54, 1.807) is 0 Å². The first kappa shape index (κ1) is 20.9. The number of nitrogens with one attached hydrogen (secondary N) is 1. The molecule has 132 valence electrons. The molecule has 2 aromatic rings. The molecular weight excluding hydrogens is 365 g/mol. The number of hydrogen-bond acceptors (Lipinski definition) is 4. The summed E-state index contributed by atoms with van der Waals surface area (Å²) in [4.78, 5) is 15.5. The summed E-state index contributed by atoms with van der Waals surface area (Å²) in [7, 11) is 0. The third kappa shape index (κ3) is 4.94. The molecule has 2 heterocycles. The molecule has 0 bridgehead atoms. The zero-order valence-electron chi connectivity index (χ0n) is 13.3. The average Bonchev–Trinajstić information content (AvgIpc) is 3.03. The Kier molecular flexibility index (Phi) is 8.73. The quantitative estimate of drug-likeness (QED) is 0.828. The normalized spacial score (nSPS) is 14.7. The number of halogens is 2. The highest BCUT2D eigenvalue weighted by atomic mass is 35.5. The lowest BCUT2D eigenvalue weighted by Gasteiger charge is -2.35. The van der Waals surface area contributed by atoms with Gasteiger partial charge >= 0.3 is 0 Å². The van der Waals surface area contributed by atoms with Gasteiger partial charge in [0.15, 0.2) is 0 Å². The number of amides is 1. The fraction of sp³-hybridized carbons (Fsp3) is 0.353. The van der Waals surface area contributed by atoms with E-state index in [0.717, 1.165) is 19.5 Å². The number of fused-ring (bicyclic) bond motifs is 1. The van der Waals surface area contributed by atoms with Crippen molar-refractivity contribution in [3.63, 3.8) is 0 Å². The van der Waals surface area contributed by atoms with Crippen LogP contribution in [0.1, 0.15) is 22.0 Å². The first-order valence-electron chi connectivity index (χ1n) is 7.59. The third-order valence-electron chi connectivity index (χ3n) is 4.14. The molecule has 24 heavy (non-hydrogen) atoms. The molecule has 0 saturated carbocycles. The Morgan fingerprint density at radius 3 is 2.71 bits per heavy atom.